The molecule has 7 N–H and O–H groups in total. The number of anilines is 1. The molecule has 0 saturated carbocycles. The van der Waals surface area contributed by atoms with Crippen LogP contribution in [0.2, 0.25) is 48.4 Å². The van der Waals surface area contributed by atoms with Crippen molar-refractivity contribution in [2.45, 2.75) is 143 Å². The van der Waals surface area contributed by atoms with Gasteiger partial charge in [0, 0.05) is 83.4 Å². The highest BCUT2D eigenvalue weighted by atomic mass is 28.6. The van der Waals surface area contributed by atoms with Crippen LogP contribution >= 0.6 is 0 Å². The van der Waals surface area contributed by atoms with Crippen molar-refractivity contribution in [1.82, 2.24) is 5.32 Å². The first-order valence-corrected chi connectivity index (χ1v) is 43.5. The van der Waals surface area contributed by atoms with E-state index in [0.717, 1.165) is 0 Å². The van der Waals surface area contributed by atoms with Crippen molar-refractivity contribution in [3.63, 3.8) is 0 Å². The molecule has 29 heteroatoms. The molecule has 11 rings (SSSR count). The number of aromatic hydroxyl groups is 2. The summed E-state index contributed by atoms with van der Waals surface area (Å²) in [6.07, 6.45) is 0.301. The van der Waals surface area contributed by atoms with Gasteiger partial charge in [0.25, 0.3) is 0 Å². The van der Waals surface area contributed by atoms with E-state index in [1.54, 1.807) is 30.3 Å². The van der Waals surface area contributed by atoms with Crippen molar-refractivity contribution in [2.24, 2.45) is 35.5 Å². The van der Waals surface area contributed by atoms with Crippen LogP contribution in [0.4, 0.5) is 10.5 Å². The minimum Gasteiger partial charge on any atom is -0.508 e. The van der Waals surface area contributed by atoms with E-state index in [0.29, 0.717) is 77.7 Å². The number of phenolic OH excluding ortho intramolecular Hbond substituents is 2. The molecule has 3 aromatic rings. The van der Waals surface area contributed by atoms with Gasteiger partial charge in [-0.05, 0) is 78.3 Å². The molecule has 434 valence electrons. The molecule has 8 aliphatic rings. The predicted octanol–water partition coefficient (Wildman–Crippen LogP) is 9.13. The van der Waals surface area contributed by atoms with Gasteiger partial charge >= 0.3 is 82.4 Å². The Morgan fingerprint density at radius 2 is 0.861 bits per heavy atom. The first-order valence-electron chi connectivity index (χ1n) is 28.1. The van der Waals surface area contributed by atoms with Gasteiger partial charge in [-0.2, -0.15) is 0 Å². The molecule has 0 radical (unpaired) electrons. The van der Waals surface area contributed by atoms with Crippen molar-refractivity contribution in [3.05, 3.63) is 76.9 Å². The topological polar surface area (TPSA) is 256 Å². The maximum absolute atomic E-state index is 14.0. The molecule has 1 spiro atoms. The van der Waals surface area contributed by atoms with Crippen LogP contribution in [0.1, 0.15) is 117 Å². The van der Waals surface area contributed by atoms with E-state index in [9.17, 15) is 19.8 Å². The average Bonchev–Trinajstić information content (AvgIpc) is 3.65. The molecule has 6 saturated heterocycles. The van der Waals surface area contributed by atoms with Gasteiger partial charge in [-0.25, -0.2) is 9.59 Å². The Labute approximate surface area is 472 Å². The summed E-state index contributed by atoms with van der Waals surface area (Å²) in [5.41, 5.74) is 4.90. The number of nitrogens with one attached hydrogen (secondary N) is 2. The number of carbonyl (C=O) groups excluding carboxylic acids is 2. The highest BCUT2D eigenvalue weighted by Gasteiger charge is 2.83. The van der Waals surface area contributed by atoms with Gasteiger partial charge in [0.1, 0.15) is 23.0 Å². The number of esters is 1. The number of urea groups is 1. The van der Waals surface area contributed by atoms with Crippen molar-refractivity contribution in [3.8, 4) is 23.0 Å². The molecular formula is C50H80N3O18Si8+. The molecular weight excluding hydrogens is 1160 g/mol. The number of hydrogen-bond donors (Lipinski definition) is 5. The van der Waals surface area contributed by atoms with Crippen LogP contribution in [0, 0.1) is 35.5 Å². The van der Waals surface area contributed by atoms with Gasteiger partial charge in [-0.3, -0.25) is 0 Å². The minimum absolute atomic E-state index is 0.00908. The first-order chi connectivity index (χ1) is 37.1. The monoisotopic (exact) mass is 1230 g/mol. The van der Waals surface area contributed by atoms with Crippen molar-refractivity contribution in [1.29, 1.82) is 0 Å². The molecule has 79 heavy (non-hydrogen) atoms. The number of phenols is 2. The maximum atomic E-state index is 14.0. The number of amides is 2. The molecule has 0 atom stereocenters. The molecule has 8 heterocycles. The number of fused-ring (bicyclic) bond motifs is 6. The van der Waals surface area contributed by atoms with Crippen LogP contribution < -0.4 is 21.1 Å². The van der Waals surface area contributed by atoms with Crippen LogP contribution in [0.25, 0.3) is 0 Å². The Hall–Kier alpha value is -2.98. The van der Waals surface area contributed by atoms with Crippen LogP contribution in [0.15, 0.2) is 54.6 Å². The Morgan fingerprint density at radius 3 is 1.23 bits per heavy atom. The summed E-state index contributed by atoms with van der Waals surface area (Å²) < 4.78 is 106. The van der Waals surface area contributed by atoms with Gasteiger partial charge in [0.15, 0.2) is 5.60 Å². The lowest BCUT2D eigenvalue weighted by atomic mass is 9.77. The standard InChI is InChI=1S/C50H79N3O18Si8/c1-33(2)27-74-60-72(22-13-21-52-49(57)53-39-14-17-43-42(24-39)48(56)59-50(43)44-18-15-40(54)25-46(44)58-47-26-41(55)16-19-45(47)50)61-75(28-34(3)4)68-77(66-74,30-36(7)8)63-73(23-20-51)64-78(67-74,31-37(9)10)69-76(62-72,29-35(5)6)71-79(65-73,70-75)32-38(11)12/h14-19,24-26,33-38,54-55H,13,20-23,27-32,51H2,1-12H3,(H2,52,53,57)/p+1. The van der Waals surface area contributed by atoms with Crippen molar-refractivity contribution >= 4 is 88.1 Å². The summed E-state index contributed by atoms with van der Waals surface area (Å²) in [6.45, 7) is 25.8. The molecule has 0 aliphatic carbocycles. The van der Waals surface area contributed by atoms with Gasteiger partial charge in [0.2, 0.25) is 0 Å². The van der Waals surface area contributed by atoms with E-state index in [-0.39, 0.29) is 76.7 Å². The van der Waals surface area contributed by atoms with Gasteiger partial charge < -0.3 is 85.4 Å². The Bertz CT molecular complexity index is 2610. The number of ether oxygens (including phenoxy) is 2. The molecule has 21 nitrogen and oxygen atoms in total. The third kappa shape index (κ3) is 11.7. The normalized spacial score (nSPS) is 32.9. The SMILES string of the molecule is CC(C)C[Si]12O[Si]3(CC[NH3+])O[Si]4(CC(C)C)O[Si](CC(C)C)(O[Si]5(CCCNC(=O)Nc6ccc7c(c6)C(=O)OC76c7ccc(O)cc7Oc7cc(O)ccc76)O[Si](CC(C)C)(O1)O[Si](CC(C)C)(O3)O[Si](CC(C)C)(O5)O4)O2. The number of benzene rings is 3. The summed E-state index contributed by atoms with van der Waals surface area (Å²) in [6, 6.07) is 16.3. The minimum atomic E-state index is -4.29. The number of carbonyl (C=O) groups is 2. The number of hydrogen-bond acceptors (Lipinski definition) is 18. The molecule has 8 bridgehead atoms. The highest BCUT2D eigenvalue weighted by Crippen LogP contribution is 2.59. The second-order valence-corrected chi connectivity index (χ2v) is 48.8. The molecule has 3 aromatic carbocycles. The van der Waals surface area contributed by atoms with Gasteiger partial charge in [-0.1, -0.05) is 89.2 Å². The largest absolute Gasteiger partial charge is 0.508 e. The number of rotatable bonds is 19. The lowest BCUT2D eigenvalue weighted by molar-refractivity contribution is -0.363. The van der Waals surface area contributed by atoms with E-state index < -0.39 is 88.0 Å². The van der Waals surface area contributed by atoms with Crippen LogP contribution in [0.5, 0.6) is 23.0 Å². The summed E-state index contributed by atoms with van der Waals surface area (Å²) in [5, 5.41) is 26.7. The summed E-state index contributed by atoms with van der Waals surface area (Å²) in [5.74, 6) is -0.169. The summed E-state index contributed by atoms with van der Waals surface area (Å²) in [4.78, 5) is 27.9. The van der Waals surface area contributed by atoms with Crippen LogP contribution in [0.3, 0.4) is 0 Å². The summed E-state index contributed by atoms with van der Waals surface area (Å²) in [7, 11) is -33.0. The molecule has 8 aliphatic heterocycles. The van der Waals surface area contributed by atoms with Crippen LogP contribution in [-0.4, -0.2) is 106 Å². The zero-order chi connectivity index (χ0) is 56.8. The van der Waals surface area contributed by atoms with Crippen molar-refractivity contribution in [2.75, 3.05) is 18.4 Å². The molecule has 6 fully saturated rings. The smallest absolute Gasteiger partial charge is 0.484 e. The summed E-state index contributed by atoms with van der Waals surface area (Å²) >= 11 is 0. The van der Waals surface area contributed by atoms with Crippen molar-refractivity contribution < 1.29 is 84.4 Å². The maximum Gasteiger partial charge on any atom is 0.484 e. The molecule has 0 aromatic heterocycles. The predicted molar refractivity (Wildman–Crippen MR) is 304 cm³/mol. The van der Waals surface area contributed by atoms with E-state index in [4.69, 9.17) is 58.9 Å². The second kappa shape index (κ2) is 21.6. The Morgan fingerprint density at radius 1 is 0.506 bits per heavy atom. The third-order valence-electron chi connectivity index (χ3n) is 14.1. The quantitative estimate of drug-likeness (QED) is 0.0426. The van der Waals surface area contributed by atoms with Gasteiger partial charge in [0.05, 0.1) is 18.2 Å². The number of quaternary nitrogens is 1. The average molecular weight is 1240 g/mol. The van der Waals surface area contributed by atoms with E-state index >= 15 is 0 Å². The first kappa shape index (κ1) is 59.2. The Kier molecular flexibility index (Phi) is 16.2. The van der Waals surface area contributed by atoms with Crippen LogP contribution in [-0.2, 0) is 59.7 Å². The fourth-order valence-corrected chi connectivity index (χ4v) is 63.3. The molecule has 2 amide bonds. The fourth-order valence-electron chi connectivity index (χ4n) is 12.1. The Balaban J connectivity index is 1.01. The van der Waals surface area contributed by atoms with E-state index in [1.165, 1.54) is 24.3 Å². The zero-order valence-electron chi connectivity index (χ0n) is 47.6. The third-order valence-corrected chi connectivity index (χ3v) is 53.8. The van der Waals surface area contributed by atoms with Gasteiger partial charge in [-0.15, -0.1) is 0 Å². The fraction of sp³-hybridized carbons (Fsp3) is 0.600. The molecule has 0 unspecified atom stereocenters. The lowest BCUT2D eigenvalue weighted by Gasteiger charge is -2.63. The zero-order valence-corrected chi connectivity index (χ0v) is 55.6. The van der Waals surface area contributed by atoms with E-state index in [1.807, 2.05) is 0 Å². The lowest BCUT2D eigenvalue weighted by Crippen LogP contribution is -2.89. The highest BCUT2D eigenvalue weighted by molar-refractivity contribution is 7.03. The van der Waals surface area contributed by atoms with E-state index in [2.05, 4.69) is 99.5 Å². The second-order valence-electron chi connectivity index (χ2n) is 24.7.